The number of aliphatic hydroxyl groups is 3. The number of rotatable bonds is 4. The van der Waals surface area contributed by atoms with Crippen LogP contribution in [0.3, 0.4) is 0 Å². The lowest BCUT2D eigenvalue weighted by molar-refractivity contribution is -0.161. The van der Waals surface area contributed by atoms with E-state index in [1.54, 1.807) is 0 Å². The van der Waals surface area contributed by atoms with E-state index in [0.717, 1.165) is 7.11 Å². The molecule has 0 heterocycles. The molecule has 70 valence electrons. The zero-order valence-electron chi connectivity index (χ0n) is 6.43. The molecule has 0 unspecified atom stereocenters. The highest BCUT2D eigenvalue weighted by Gasteiger charge is 2.30. The molecule has 0 bridgehead atoms. The second-order valence-electron chi connectivity index (χ2n) is 2.04. The summed E-state index contributed by atoms with van der Waals surface area (Å²) in [7, 11) is 1.00. The highest BCUT2D eigenvalue weighted by molar-refractivity contribution is 5.90. The van der Waals surface area contributed by atoms with Gasteiger partial charge in [0.05, 0.1) is 7.11 Å². The number of hydrogen-bond acceptors (Lipinski definition) is 6. The van der Waals surface area contributed by atoms with E-state index in [9.17, 15) is 9.59 Å². The Morgan fingerprint density at radius 2 is 1.83 bits per heavy atom. The van der Waals surface area contributed by atoms with Crippen molar-refractivity contribution in [1.29, 1.82) is 0 Å². The van der Waals surface area contributed by atoms with Crippen LogP contribution in [0.1, 0.15) is 0 Å². The molecule has 12 heavy (non-hydrogen) atoms. The predicted molar refractivity (Wildman–Crippen MR) is 36.1 cm³/mol. The monoisotopic (exact) mass is 178 g/mol. The Morgan fingerprint density at radius 3 is 2.17 bits per heavy atom. The number of ether oxygens (including phenoxy) is 1. The summed E-state index contributed by atoms with van der Waals surface area (Å²) in [6, 6.07) is 0. The highest BCUT2D eigenvalue weighted by Crippen LogP contribution is 1.97. The summed E-state index contributed by atoms with van der Waals surface area (Å²) in [4.78, 5) is 21.0. The van der Waals surface area contributed by atoms with Crippen LogP contribution in [-0.4, -0.2) is 53.0 Å². The second-order valence-corrected chi connectivity index (χ2v) is 2.04. The first-order chi connectivity index (χ1) is 5.54. The summed E-state index contributed by atoms with van der Waals surface area (Å²) < 4.78 is 4.04. The average molecular weight is 178 g/mol. The van der Waals surface area contributed by atoms with Gasteiger partial charge in [0, 0.05) is 0 Å². The van der Waals surface area contributed by atoms with Gasteiger partial charge in [-0.2, -0.15) is 0 Å². The van der Waals surface area contributed by atoms with Gasteiger partial charge in [0.1, 0.15) is 6.61 Å². The number of carbonyl (C=O) groups excluding carboxylic acids is 2. The molecule has 0 aliphatic rings. The smallest absolute Gasteiger partial charge is 0.337 e. The zero-order valence-corrected chi connectivity index (χ0v) is 6.43. The van der Waals surface area contributed by atoms with Gasteiger partial charge < -0.3 is 20.1 Å². The van der Waals surface area contributed by atoms with Crippen LogP contribution < -0.4 is 0 Å². The van der Waals surface area contributed by atoms with Gasteiger partial charge >= 0.3 is 5.97 Å². The minimum atomic E-state index is -1.94. The van der Waals surface area contributed by atoms with Gasteiger partial charge in [-0.05, 0) is 0 Å². The molecule has 0 amide bonds. The normalized spacial score (nSPS) is 15.0. The van der Waals surface area contributed by atoms with Gasteiger partial charge in [-0.1, -0.05) is 0 Å². The largest absolute Gasteiger partial charge is 0.467 e. The zero-order chi connectivity index (χ0) is 9.72. The molecule has 0 aliphatic carbocycles. The molecular weight excluding hydrogens is 168 g/mol. The summed E-state index contributed by atoms with van der Waals surface area (Å²) in [6.07, 6.45) is -3.86. The number of esters is 1. The van der Waals surface area contributed by atoms with Crippen LogP contribution in [0.4, 0.5) is 0 Å². The van der Waals surface area contributed by atoms with E-state index in [1.165, 1.54) is 0 Å². The van der Waals surface area contributed by atoms with Crippen molar-refractivity contribution < 1.29 is 29.6 Å². The van der Waals surface area contributed by atoms with Gasteiger partial charge in [0.2, 0.25) is 0 Å². The summed E-state index contributed by atoms with van der Waals surface area (Å²) in [6.45, 7) is -0.935. The van der Waals surface area contributed by atoms with Crippen molar-refractivity contribution in [2.45, 2.75) is 12.2 Å². The average Bonchev–Trinajstić information content (AvgIpc) is 2.12. The SMILES string of the molecule is COC(=O)[C@H](O)[C@H](O)C(=O)CO. The van der Waals surface area contributed by atoms with Crippen molar-refractivity contribution in [3.63, 3.8) is 0 Å². The van der Waals surface area contributed by atoms with Gasteiger partial charge in [-0.15, -0.1) is 0 Å². The third-order valence-electron chi connectivity index (χ3n) is 1.23. The molecule has 0 aromatic rings. The first-order valence-electron chi connectivity index (χ1n) is 3.12. The van der Waals surface area contributed by atoms with Crippen LogP contribution in [0, 0.1) is 0 Å². The fourth-order valence-electron chi connectivity index (χ4n) is 0.519. The van der Waals surface area contributed by atoms with E-state index in [1.807, 2.05) is 0 Å². The quantitative estimate of drug-likeness (QED) is 0.409. The lowest BCUT2D eigenvalue weighted by Gasteiger charge is -2.12. The summed E-state index contributed by atoms with van der Waals surface area (Å²) in [5, 5.41) is 25.9. The predicted octanol–water partition coefficient (Wildman–Crippen LogP) is -2.56. The fourth-order valence-corrected chi connectivity index (χ4v) is 0.519. The molecule has 3 N–H and O–H groups in total. The third kappa shape index (κ3) is 2.57. The molecule has 0 fully saturated rings. The summed E-state index contributed by atoms with van der Waals surface area (Å²) in [5.41, 5.74) is 0. The van der Waals surface area contributed by atoms with Crippen molar-refractivity contribution in [1.82, 2.24) is 0 Å². The van der Waals surface area contributed by atoms with E-state index in [2.05, 4.69) is 4.74 Å². The molecule has 6 heteroatoms. The van der Waals surface area contributed by atoms with Gasteiger partial charge in [0.25, 0.3) is 0 Å². The van der Waals surface area contributed by atoms with Gasteiger partial charge in [-0.3, -0.25) is 4.79 Å². The maximum Gasteiger partial charge on any atom is 0.337 e. The van der Waals surface area contributed by atoms with E-state index in [0.29, 0.717) is 0 Å². The molecule has 0 radical (unpaired) electrons. The molecule has 2 atom stereocenters. The fraction of sp³-hybridized carbons (Fsp3) is 0.667. The number of Topliss-reactive ketones (excluding diaryl/α,β-unsaturated/α-hetero) is 1. The molecular formula is C6H10O6. The molecule has 0 aromatic carbocycles. The lowest BCUT2D eigenvalue weighted by atomic mass is 10.1. The molecule has 0 rings (SSSR count). The van der Waals surface area contributed by atoms with Crippen molar-refractivity contribution >= 4 is 11.8 Å². The Balaban J connectivity index is 4.18. The minimum absolute atomic E-state index is 0.935. The van der Waals surface area contributed by atoms with Crippen molar-refractivity contribution in [2.75, 3.05) is 13.7 Å². The van der Waals surface area contributed by atoms with E-state index < -0.39 is 30.6 Å². The van der Waals surface area contributed by atoms with E-state index in [-0.39, 0.29) is 0 Å². The first kappa shape index (κ1) is 11.0. The number of methoxy groups -OCH3 is 1. The maximum atomic E-state index is 10.5. The van der Waals surface area contributed by atoms with Crippen LogP contribution in [0.2, 0.25) is 0 Å². The lowest BCUT2D eigenvalue weighted by Crippen LogP contribution is -2.41. The van der Waals surface area contributed by atoms with Crippen LogP contribution in [0.5, 0.6) is 0 Å². The van der Waals surface area contributed by atoms with Crippen LogP contribution in [0.15, 0.2) is 0 Å². The Labute approximate surface area is 68.4 Å². The topological polar surface area (TPSA) is 104 Å². The summed E-state index contributed by atoms with van der Waals surface area (Å²) >= 11 is 0. The number of carbonyl (C=O) groups is 2. The number of ketones is 1. The number of aliphatic hydroxyl groups excluding tert-OH is 3. The molecule has 0 aromatic heterocycles. The van der Waals surface area contributed by atoms with Crippen molar-refractivity contribution in [3.05, 3.63) is 0 Å². The molecule has 6 nitrogen and oxygen atoms in total. The third-order valence-corrected chi connectivity index (χ3v) is 1.23. The summed E-state index contributed by atoms with van der Waals surface area (Å²) in [5.74, 6) is -2.16. The number of hydrogen-bond donors (Lipinski definition) is 3. The Kier molecular flexibility index (Phi) is 4.42. The standard InChI is InChI=1S/C6H10O6/c1-12-6(11)5(10)4(9)3(8)2-7/h4-5,7,9-10H,2H2,1H3/t4-,5-/m1/s1. The van der Waals surface area contributed by atoms with Crippen LogP contribution in [0.25, 0.3) is 0 Å². The Hall–Kier alpha value is -0.980. The van der Waals surface area contributed by atoms with E-state index in [4.69, 9.17) is 15.3 Å². The van der Waals surface area contributed by atoms with Crippen LogP contribution in [-0.2, 0) is 14.3 Å². The highest BCUT2D eigenvalue weighted by atomic mass is 16.5. The van der Waals surface area contributed by atoms with E-state index >= 15 is 0 Å². The second kappa shape index (κ2) is 4.81. The van der Waals surface area contributed by atoms with Crippen molar-refractivity contribution in [3.8, 4) is 0 Å². The van der Waals surface area contributed by atoms with Gasteiger partial charge in [0.15, 0.2) is 18.0 Å². The minimum Gasteiger partial charge on any atom is -0.467 e. The van der Waals surface area contributed by atoms with Crippen LogP contribution >= 0.6 is 0 Å². The molecule has 0 aliphatic heterocycles. The van der Waals surface area contributed by atoms with Gasteiger partial charge in [-0.25, -0.2) is 4.79 Å². The Morgan fingerprint density at radius 1 is 1.33 bits per heavy atom. The molecule has 0 saturated carbocycles. The maximum absolute atomic E-state index is 10.5. The first-order valence-corrected chi connectivity index (χ1v) is 3.12. The molecule has 0 spiro atoms. The Bertz CT molecular complexity index is 157. The van der Waals surface area contributed by atoms with Crippen molar-refractivity contribution in [2.24, 2.45) is 0 Å². The molecule has 0 saturated heterocycles.